The van der Waals surface area contributed by atoms with Gasteiger partial charge in [0.15, 0.2) is 0 Å². The molecule has 0 saturated carbocycles. The number of halogens is 1. The third-order valence-corrected chi connectivity index (χ3v) is 2.76. The Balaban J connectivity index is 2.86. The predicted molar refractivity (Wildman–Crippen MR) is 64.3 cm³/mol. The second kappa shape index (κ2) is 5.77. The molecule has 0 radical (unpaired) electrons. The van der Waals surface area contributed by atoms with E-state index in [1.54, 1.807) is 13.0 Å². The molecule has 0 aliphatic rings. The van der Waals surface area contributed by atoms with E-state index >= 15 is 0 Å². The lowest BCUT2D eigenvalue weighted by Gasteiger charge is -2.20. The largest absolute Gasteiger partial charge is 0.394 e. The van der Waals surface area contributed by atoms with Crippen LogP contribution in [0.25, 0.3) is 0 Å². The van der Waals surface area contributed by atoms with Crippen LogP contribution >= 0.6 is 0 Å². The van der Waals surface area contributed by atoms with Gasteiger partial charge in [0.25, 0.3) is 5.91 Å². The minimum Gasteiger partial charge on any atom is -0.394 e. The third-order valence-electron chi connectivity index (χ3n) is 2.76. The van der Waals surface area contributed by atoms with Crippen LogP contribution in [-0.2, 0) is 0 Å². The number of aliphatic hydroxyl groups is 1. The van der Waals surface area contributed by atoms with Crippen LogP contribution in [0.3, 0.4) is 0 Å². The molecule has 3 nitrogen and oxygen atoms in total. The van der Waals surface area contributed by atoms with Gasteiger partial charge in [-0.1, -0.05) is 19.9 Å². The highest BCUT2D eigenvalue weighted by Gasteiger charge is 2.17. The first kappa shape index (κ1) is 13.6. The molecular weight excluding hydrogens is 221 g/mol. The van der Waals surface area contributed by atoms with E-state index in [0.29, 0.717) is 11.1 Å². The lowest BCUT2D eigenvalue weighted by molar-refractivity contribution is 0.0896. The average Bonchev–Trinajstić information content (AvgIpc) is 2.28. The minimum atomic E-state index is -0.439. The zero-order valence-corrected chi connectivity index (χ0v) is 10.3. The summed E-state index contributed by atoms with van der Waals surface area (Å²) in [6, 6.07) is 3.77. The van der Waals surface area contributed by atoms with E-state index in [2.05, 4.69) is 5.32 Å². The van der Waals surface area contributed by atoms with Gasteiger partial charge in [0.05, 0.1) is 12.6 Å². The van der Waals surface area contributed by atoms with Gasteiger partial charge in [-0.15, -0.1) is 0 Å². The smallest absolute Gasteiger partial charge is 0.251 e. The molecule has 0 bridgehead atoms. The summed E-state index contributed by atoms with van der Waals surface area (Å²) in [5.74, 6) is -0.668. The highest BCUT2D eigenvalue weighted by molar-refractivity contribution is 5.95. The van der Waals surface area contributed by atoms with E-state index in [1.807, 2.05) is 13.8 Å². The van der Waals surface area contributed by atoms with Crippen LogP contribution in [-0.4, -0.2) is 23.7 Å². The third kappa shape index (κ3) is 3.53. The van der Waals surface area contributed by atoms with E-state index in [0.717, 1.165) is 0 Å². The number of hydrogen-bond donors (Lipinski definition) is 2. The molecule has 0 spiro atoms. The summed E-state index contributed by atoms with van der Waals surface area (Å²) >= 11 is 0. The maximum Gasteiger partial charge on any atom is 0.251 e. The molecule has 0 aliphatic heterocycles. The Labute approximate surface area is 101 Å². The van der Waals surface area contributed by atoms with Crippen molar-refractivity contribution in [2.75, 3.05) is 6.61 Å². The van der Waals surface area contributed by atoms with E-state index in [9.17, 15) is 9.18 Å². The van der Waals surface area contributed by atoms with Gasteiger partial charge < -0.3 is 10.4 Å². The fourth-order valence-corrected chi connectivity index (χ4v) is 1.51. The average molecular weight is 239 g/mol. The van der Waals surface area contributed by atoms with Gasteiger partial charge in [0, 0.05) is 5.56 Å². The molecule has 1 amide bonds. The van der Waals surface area contributed by atoms with E-state index < -0.39 is 5.82 Å². The van der Waals surface area contributed by atoms with Crippen LogP contribution in [0.4, 0.5) is 4.39 Å². The van der Waals surface area contributed by atoms with Crippen molar-refractivity contribution >= 4 is 5.91 Å². The fourth-order valence-electron chi connectivity index (χ4n) is 1.51. The number of aryl methyl sites for hydroxylation is 1. The molecule has 1 atom stereocenters. The normalized spacial score (nSPS) is 12.6. The fraction of sp³-hybridized carbons (Fsp3) is 0.462. The van der Waals surface area contributed by atoms with Crippen LogP contribution in [0, 0.1) is 18.7 Å². The summed E-state index contributed by atoms with van der Waals surface area (Å²) in [5.41, 5.74) is 1.02. The highest BCUT2D eigenvalue weighted by Crippen LogP contribution is 2.11. The number of carbonyl (C=O) groups is 1. The van der Waals surface area contributed by atoms with Crippen molar-refractivity contribution < 1.29 is 14.3 Å². The van der Waals surface area contributed by atoms with Crippen LogP contribution in [0.1, 0.15) is 29.8 Å². The monoisotopic (exact) mass is 239 g/mol. The molecule has 0 aliphatic carbocycles. The molecule has 0 heterocycles. The van der Waals surface area contributed by atoms with Crippen molar-refractivity contribution in [1.82, 2.24) is 5.32 Å². The Bertz CT molecular complexity index is 404. The first-order valence-corrected chi connectivity index (χ1v) is 5.63. The van der Waals surface area contributed by atoms with E-state index in [4.69, 9.17) is 5.11 Å². The highest BCUT2D eigenvalue weighted by atomic mass is 19.1. The molecule has 0 fully saturated rings. The van der Waals surface area contributed by atoms with E-state index in [1.165, 1.54) is 12.1 Å². The van der Waals surface area contributed by atoms with Crippen LogP contribution in [0.2, 0.25) is 0 Å². The first-order chi connectivity index (χ1) is 7.95. The Morgan fingerprint density at radius 2 is 2.12 bits per heavy atom. The van der Waals surface area contributed by atoms with Crippen molar-refractivity contribution in [3.05, 3.63) is 35.1 Å². The van der Waals surface area contributed by atoms with Crippen LogP contribution in [0.5, 0.6) is 0 Å². The summed E-state index contributed by atoms with van der Waals surface area (Å²) in [4.78, 5) is 11.9. The number of rotatable bonds is 4. The number of aliphatic hydroxyl groups excluding tert-OH is 1. The molecule has 1 rings (SSSR count). The summed E-state index contributed by atoms with van der Waals surface area (Å²) in [7, 11) is 0. The van der Waals surface area contributed by atoms with Gasteiger partial charge in [-0.25, -0.2) is 4.39 Å². The molecular formula is C13H18FNO2. The first-order valence-electron chi connectivity index (χ1n) is 5.63. The molecule has 0 aromatic heterocycles. The molecule has 1 aromatic rings. The Morgan fingerprint density at radius 1 is 1.47 bits per heavy atom. The van der Waals surface area contributed by atoms with Crippen LogP contribution in [0.15, 0.2) is 18.2 Å². The Morgan fingerprint density at radius 3 is 2.65 bits per heavy atom. The zero-order chi connectivity index (χ0) is 13.0. The van der Waals surface area contributed by atoms with Crippen molar-refractivity contribution in [2.45, 2.75) is 26.8 Å². The minimum absolute atomic E-state index is 0.123. The summed E-state index contributed by atoms with van der Waals surface area (Å²) < 4.78 is 13.1. The number of hydrogen-bond acceptors (Lipinski definition) is 2. The molecule has 1 aromatic carbocycles. The zero-order valence-electron chi connectivity index (χ0n) is 10.3. The number of carbonyl (C=O) groups excluding carboxylic acids is 1. The Kier molecular flexibility index (Phi) is 4.63. The van der Waals surface area contributed by atoms with Crippen molar-refractivity contribution in [3.63, 3.8) is 0 Å². The summed E-state index contributed by atoms with van der Waals surface area (Å²) in [5, 5.41) is 11.8. The Hall–Kier alpha value is -1.42. The predicted octanol–water partition coefficient (Wildman–Crippen LogP) is 1.88. The van der Waals surface area contributed by atoms with Crippen molar-refractivity contribution in [3.8, 4) is 0 Å². The second-order valence-corrected chi connectivity index (χ2v) is 4.47. The number of benzene rings is 1. The summed E-state index contributed by atoms with van der Waals surface area (Å²) in [6.07, 6.45) is 0. The topological polar surface area (TPSA) is 49.3 Å². The molecule has 94 valence electrons. The van der Waals surface area contributed by atoms with E-state index in [-0.39, 0.29) is 24.5 Å². The van der Waals surface area contributed by atoms with Gasteiger partial charge in [-0.3, -0.25) is 4.79 Å². The molecule has 17 heavy (non-hydrogen) atoms. The SMILES string of the molecule is Cc1ccc(F)cc1C(=O)NC(CO)C(C)C. The van der Waals surface area contributed by atoms with Gasteiger partial charge in [-0.05, 0) is 30.5 Å². The van der Waals surface area contributed by atoms with Gasteiger partial charge in [0.1, 0.15) is 5.82 Å². The molecule has 4 heteroatoms. The number of nitrogens with one attached hydrogen (secondary N) is 1. The van der Waals surface area contributed by atoms with Gasteiger partial charge in [-0.2, -0.15) is 0 Å². The number of amides is 1. The molecule has 2 N–H and O–H groups in total. The van der Waals surface area contributed by atoms with Crippen LogP contribution < -0.4 is 5.32 Å². The lowest BCUT2D eigenvalue weighted by atomic mass is 10.0. The maximum atomic E-state index is 13.1. The maximum absolute atomic E-state index is 13.1. The second-order valence-electron chi connectivity index (χ2n) is 4.47. The molecule has 0 saturated heterocycles. The van der Waals surface area contributed by atoms with Crippen molar-refractivity contribution in [2.24, 2.45) is 5.92 Å². The van der Waals surface area contributed by atoms with Crippen molar-refractivity contribution in [1.29, 1.82) is 0 Å². The lowest BCUT2D eigenvalue weighted by Crippen LogP contribution is -2.41. The quantitative estimate of drug-likeness (QED) is 0.842. The summed E-state index contributed by atoms with van der Waals surface area (Å²) in [6.45, 7) is 5.43. The van der Waals surface area contributed by atoms with Gasteiger partial charge >= 0.3 is 0 Å². The standard InChI is InChI=1S/C13H18FNO2/c1-8(2)12(7-16)15-13(17)11-6-10(14)5-4-9(11)3/h4-6,8,12,16H,7H2,1-3H3,(H,15,17). The van der Waals surface area contributed by atoms with Gasteiger partial charge in [0.2, 0.25) is 0 Å². The molecule has 1 unspecified atom stereocenters.